The maximum Gasteiger partial charge on any atom is 0.176 e. The van der Waals surface area contributed by atoms with Crippen LogP contribution in [0.4, 0.5) is 5.82 Å². The summed E-state index contributed by atoms with van der Waals surface area (Å²) in [7, 11) is 0. The first-order valence-electron chi connectivity index (χ1n) is 8.07. The molecule has 1 aliphatic rings. The summed E-state index contributed by atoms with van der Waals surface area (Å²) in [5, 5.41) is 13.3. The van der Waals surface area contributed by atoms with Crippen molar-refractivity contribution in [3.05, 3.63) is 29.6 Å². The van der Waals surface area contributed by atoms with Gasteiger partial charge in [0, 0.05) is 18.8 Å². The topological polar surface area (TPSA) is 46.8 Å². The van der Waals surface area contributed by atoms with Gasteiger partial charge in [-0.1, -0.05) is 13.8 Å². The van der Waals surface area contributed by atoms with Crippen molar-refractivity contribution in [2.24, 2.45) is 5.41 Å². The molecule has 0 N–H and O–H groups in total. The fourth-order valence-electron chi connectivity index (χ4n) is 3.11. The Morgan fingerprint density at radius 3 is 2.36 bits per heavy atom. The molecule has 1 aliphatic heterocycles. The van der Waals surface area contributed by atoms with Crippen LogP contribution >= 0.6 is 0 Å². The minimum atomic E-state index is 0.436. The van der Waals surface area contributed by atoms with Gasteiger partial charge in [0.05, 0.1) is 5.69 Å². The molecule has 22 heavy (non-hydrogen) atoms. The molecule has 0 unspecified atom stereocenters. The highest BCUT2D eigenvalue weighted by Gasteiger charge is 2.23. The van der Waals surface area contributed by atoms with Gasteiger partial charge in [0.2, 0.25) is 0 Å². The van der Waals surface area contributed by atoms with E-state index in [9.17, 15) is 0 Å². The Morgan fingerprint density at radius 2 is 1.73 bits per heavy atom. The zero-order valence-electron chi connectivity index (χ0n) is 14.0. The van der Waals surface area contributed by atoms with Crippen molar-refractivity contribution in [2.75, 3.05) is 18.0 Å². The number of anilines is 1. The monoisotopic (exact) mass is 299 g/mol. The highest BCUT2D eigenvalue weighted by Crippen LogP contribution is 2.31. The van der Waals surface area contributed by atoms with E-state index >= 15 is 0 Å². The second-order valence-electron chi connectivity index (χ2n) is 7.09. The Hall–Kier alpha value is -1.91. The van der Waals surface area contributed by atoms with Crippen molar-refractivity contribution in [3.63, 3.8) is 0 Å². The summed E-state index contributed by atoms with van der Waals surface area (Å²) in [4.78, 5) is 2.35. The van der Waals surface area contributed by atoms with E-state index in [1.807, 2.05) is 30.7 Å². The minimum absolute atomic E-state index is 0.436. The van der Waals surface area contributed by atoms with E-state index in [0.29, 0.717) is 5.41 Å². The van der Waals surface area contributed by atoms with Crippen LogP contribution in [-0.2, 0) is 0 Å². The number of hydrogen-bond donors (Lipinski definition) is 0. The van der Waals surface area contributed by atoms with Gasteiger partial charge in [-0.2, -0.15) is 5.10 Å². The maximum atomic E-state index is 4.46. The van der Waals surface area contributed by atoms with Crippen molar-refractivity contribution in [1.82, 2.24) is 20.0 Å². The fourth-order valence-corrected chi connectivity index (χ4v) is 3.11. The van der Waals surface area contributed by atoms with Gasteiger partial charge in [-0.15, -0.1) is 10.2 Å². The molecule has 118 valence electrons. The van der Waals surface area contributed by atoms with Crippen LogP contribution in [-0.4, -0.2) is 33.1 Å². The van der Waals surface area contributed by atoms with Gasteiger partial charge in [0.1, 0.15) is 0 Å². The summed E-state index contributed by atoms with van der Waals surface area (Å²) in [6, 6.07) is 6.13. The molecule has 0 radical (unpaired) electrons. The van der Waals surface area contributed by atoms with Crippen LogP contribution in [0.3, 0.4) is 0 Å². The summed E-state index contributed by atoms with van der Waals surface area (Å²) in [6.07, 6.45) is 3.70. The van der Waals surface area contributed by atoms with Gasteiger partial charge >= 0.3 is 0 Å². The number of aryl methyl sites for hydroxylation is 2. The van der Waals surface area contributed by atoms with Gasteiger partial charge in [-0.25, -0.2) is 4.68 Å². The van der Waals surface area contributed by atoms with Crippen molar-refractivity contribution >= 4 is 5.82 Å². The van der Waals surface area contributed by atoms with Crippen LogP contribution in [0.1, 0.15) is 44.5 Å². The number of nitrogens with zero attached hydrogens (tertiary/aromatic N) is 5. The Morgan fingerprint density at radius 1 is 1.00 bits per heavy atom. The third-order valence-corrected chi connectivity index (χ3v) is 4.53. The van der Waals surface area contributed by atoms with Crippen LogP contribution in [0.2, 0.25) is 0 Å². The molecule has 0 atom stereocenters. The number of aromatic nitrogens is 4. The first-order chi connectivity index (χ1) is 10.4. The molecule has 5 heteroatoms. The molecule has 0 aliphatic carbocycles. The summed E-state index contributed by atoms with van der Waals surface area (Å²) in [5.74, 6) is 1.76. The molecule has 0 saturated carbocycles. The second-order valence-corrected chi connectivity index (χ2v) is 7.09. The molecule has 3 heterocycles. The van der Waals surface area contributed by atoms with E-state index in [0.717, 1.165) is 36.1 Å². The molecule has 0 bridgehead atoms. The molecule has 0 aromatic carbocycles. The molecule has 2 aromatic rings. The molecular weight excluding hydrogens is 274 g/mol. The Balaban J connectivity index is 1.78. The lowest BCUT2D eigenvalue weighted by Gasteiger charge is -2.23. The highest BCUT2D eigenvalue weighted by atomic mass is 15.4. The zero-order valence-corrected chi connectivity index (χ0v) is 14.0. The summed E-state index contributed by atoms with van der Waals surface area (Å²) >= 11 is 0. The van der Waals surface area contributed by atoms with E-state index in [1.165, 1.54) is 19.3 Å². The lowest BCUT2D eigenvalue weighted by Crippen LogP contribution is -2.26. The average Bonchev–Trinajstić information content (AvgIpc) is 2.70. The van der Waals surface area contributed by atoms with E-state index in [2.05, 4.69) is 40.1 Å². The van der Waals surface area contributed by atoms with E-state index in [4.69, 9.17) is 0 Å². The third-order valence-electron chi connectivity index (χ3n) is 4.53. The third kappa shape index (κ3) is 3.13. The van der Waals surface area contributed by atoms with Crippen LogP contribution in [0, 0.1) is 19.3 Å². The highest BCUT2D eigenvalue weighted by molar-refractivity contribution is 5.40. The summed E-state index contributed by atoms with van der Waals surface area (Å²) < 4.78 is 1.84. The second kappa shape index (κ2) is 5.71. The molecular formula is C17H25N5. The first kappa shape index (κ1) is 15.0. The standard InChI is InChI=1S/C17H25N5/c1-13-12-14(2)22(20-13)16-7-6-15(18-19-16)21-10-5-8-17(3,4)9-11-21/h6-7,12H,5,8-11H2,1-4H3. The quantitative estimate of drug-likeness (QED) is 0.853. The van der Waals surface area contributed by atoms with Gasteiger partial charge in [0.25, 0.3) is 0 Å². The molecule has 2 aromatic heterocycles. The summed E-state index contributed by atoms with van der Waals surface area (Å²) in [5.41, 5.74) is 2.51. The Labute approximate surface area is 132 Å². The van der Waals surface area contributed by atoms with Gasteiger partial charge in [0.15, 0.2) is 11.6 Å². The average molecular weight is 299 g/mol. The number of hydrogen-bond acceptors (Lipinski definition) is 4. The predicted molar refractivity (Wildman–Crippen MR) is 88.5 cm³/mol. The lowest BCUT2D eigenvalue weighted by molar-refractivity contribution is 0.325. The van der Waals surface area contributed by atoms with Crippen LogP contribution in [0.25, 0.3) is 5.82 Å². The van der Waals surface area contributed by atoms with Gasteiger partial charge in [-0.05, 0) is 56.7 Å². The molecule has 1 saturated heterocycles. The predicted octanol–water partition coefficient (Wildman–Crippen LogP) is 3.30. The van der Waals surface area contributed by atoms with Crippen molar-refractivity contribution < 1.29 is 0 Å². The molecule has 1 fully saturated rings. The largest absolute Gasteiger partial charge is 0.355 e. The van der Waals surface area contributed by atoms with E-state index < -0.39 is 0 Å². The first-order valence-corrected chi connectivity index (χ1v) is 8.07. The van der Waals surface area contributed by atoms with Crippen molar-refractivity contribution in [2.45, 2.75) is 47.0 Å². The molecule has 3 rings (SSSR count). The van der Waals surface area contributed by atoms with Gasteiger partial charge in [-0.3, -0.25) is 0 Å². The van der Waals surface area contributed by atoms with Crippen molar-refractivity contribution in [3.8, 4) is 5.82 Å². The maximum absolute atomic E-state index is 4.46. The molecule has 0 amide bonds. The zero-order chi connectivity index (χ0) is 15.7. The van der Waals surface area contributed by atoms with E-state index in [-0.39, 0.29) is 0 Å². The Kier molecular flexibility index (Phi) is 3.89. The Bertz CT molecular complexity index is 642. The van der Waals surface area contributed by atoms with E-state index in [1.54, 1.807) is 0 Å². The van der Waals surface area contributed by atoms with Crippen LogP contribution in [0.5, 0.6) is 0 Å². The van der Waals surface area contributed by atoms with Crippen LogP contribution < -0.4 is 4.90 Å². The summed E-state index contributed by atoms with van der Waals surface area (Å²) in [6.45, 7) is 10.9. The van der Waals surface area contributed by atoms with Crippen molar-refractivity contribution in [1.29, 1.82) is 0 Å². The lowest BCUT2D eigenvalue weighted by atomic mass is 9.85. The normalized spacial score (nSPS) is 18.3. The number of rotatable bonds is 2. The molecule has 5 nitrogen and oxygen atoms in total. The fraction of sp³-hybridized carbons (Fsp3) is 0.588. The van der Waals surface area contributed by atoms with Crippen LogP contribution in [0.15, 0.2) is 18.2 Å². The SMILES string of the molecule is Cc1cc(C)n(-c2ccc(N3CCCC(C)(C)CC3)nn2)n1. The minimum Gasteiger partial charge on any atom is -0.355 e. The molecule has 0 spiro atoms. The van der Waals surface area contributed by atoms with Gasteiger partial charge < -0.3 is 4.90 Å². The smallest absolute Gasteiger partial charge is 0.176 e.